The van der Waals surface area contributed by atoms with Gasteiger partial charge in [0.2, 0.25) is 5.91 Å². The molecule has 5 rings (SSSR count). The molecule has 0 radical (unpaired) electrons. The second-order valence-electron chi connectivity index (χ2n) is 8.03. The lowest BCUT2D eigenvalue weighted by atomic mass is 9.88. The maximum absolute atomic E-state index is 14.1. The fourth-order valence-electron chi connectivity index (χ4n) is 4.45. The van der Waals surface area contributed by atoms with Gasteiger partial charge >= 0.3 is 0 Å². The number of thiophene rings is 1. The predicted octanol–water partition coefficient (Wildman–Crippen LogP) is 5.65. The Kier molecular flexibility index (Phi) is 5.68. The summed E-state index contributed by atoms with van der Waals surface area (Å²) in [7, 11) is 0. The van der Waals surface area contributed by atoms with Crippen molar-refractivity contribution in [3.8, 4) is 0 Å². The number of carbonyl (C=O) groups excluding carboxylic acids is 2. The summed E-state index contributed by atoms with van der Waals surface area (Å²) in [6.07, 6.45) is 1.96. The van der Waals surface area contributed by atoms with Crippen molar-refractivity contribution in [2.24, 2.45) is 0 Å². The van der Waals surface area contributed by atoms with Gasteiger partial charge in [-0.2, -0.15) is 0 Å². The van der Waals surface area contributed by atoms with Crippen LogP contribution < -0.4 is 15.5 Å². The number of nitrogens with one attached hydrogen (secondary N) is 2. The number of nitrogens with zero attached hydrogens (tertiary/aromatic N) is 1. The van der Waals surface area contributed by atoms with Crippen LogP contribution in [0.5, 0.6) is 0 Å². The first-order valence-electron chi connectivity index (χ1n) is 10.7. The van der Waals surface area contributed by atoms with Gasteiger partial charge in [-0.15, -0.1) is 11.3 Å². The highest BCUT2D eigenvalue weighted by Crippen LogP contribution is 2.45. The number of allylic oxidation sites excluding steroid dienone is 1. The van der Waals surface area contributed by atoms with Crippen LogP contribution in [-0.4, -0.2) is 18.2 Å². The number of carbonyl (C=O) groups is 2. The highest BCUT2D eigenvalue weighted by atomic mass is 32.1. The van der Waals surface area contributed by atoms with Gasteiger partial charge in [-0.1, -0.05) is 18.2 Å². The fraction of sp³-hybridized carbons (Fsp3) is 0.200. The van der Waals surface area contributed by atoms with Gasteiger partial charge in [-0.3, -0.25) is 9.59 Å². The van der Waals surface area contributed by atoms with Crippen LogP contribution >= 0.6 is 11.3 Å². The molecule has 1 aliphatic heterocycles. The number of ketones is 1. The maximum atomic E-state index is 14.1. The molecular weight excluding hydrogens is 444 g/mol. The van der Waals surface area contributed by atoms with Crippen LogP contribution in [0, 0.1) is 11.6 Å². The molecule has 33 heavy (non-hydrogen) atoms. The van der Waals surface area contributed by atoms with E-state index >= 15 is 0 Å². The summed E-state index contributed by atoms with van der Waals surface area (Å²) in [6.45, 7) is -0.152. The summed E-state index contributed by atoms with van der Waals surface area (Å²) in [4.78, 5) is 29.0. The van der Waals surface area contributed by atoms with E-state index in [9.17, 15) is 18.4 Å². The summed E-state index contributed by atoms with van der Waals surface area (Å²) in [5.41, 5.74) is 2.86. The summed E-state index contributed by atoms with van der Waals surface area (Å²) < 4.78 is 27.7. The average molecular weight is 466 g/mol. The first-order chi connectivity index (χ1) is 16.0. The summed E-state index contributed by atoms with van der Waals surface area (Å²) in [6, 6.07) is 13.9. The van der Waals surface area contributed by atoms with E-state index in [1.165, 1.54) is 11.3 Å². The zero-order chi connectivity index (χ0) is 22.9. The van der Waals surface area contributed by atoms with Crippen molar-refractivity contribution in [3.05, 3.63) is 87.8 Å². The Morgan fingerprint density at radius 3 is 2.79 bits per heavy atom. The molecule has 1 aromatic heterocycles. The second-order valence-corrected chi connectivity index (χ2v) is 9.01. The largest absolute Gasteiger partial charge is 0.357 e. The smallest absolute Gasteiger partial charge is 0.244 e. The molecule has 1 atom stereocenters. The van der Waals surface area contributed by atoms with Gasteiger partial charge in [-0.25, -0.2) is 8.78 Å². The van der Waals surface area contributed by atoms with Gasteiger partial charge in [0.15, 0.2) is 5.78 Å². The summed E-state index contributed by atoms with van der Waals surface area (Å²) in [5.74, 6) is -1.82. The lowest BCUT2D eigenvalue weighted by Gasteiger charge is -2.34. The van der Waals surface area contributed by atoms with Gasteiger partial charge < -0.3 is 15.5 Å². The molecule has 0 bridgehead atoms. The molecule has 2 aromatic carbocycles. The van der Waals surface area contributed by atoms with Crippen LogP contribution in [0.1, 0.15) is 30.2 Å². The molecule has 0 fully saturated rings. The number of anilines is 3. The molecule has 5 nitrogen and oxygen atoms in total. The number of Topliss-reactive ketones (excluding diaryl/α,β-unsaturated/α-hetero) is 1. The van der Waals surface area contributed by atoms with Crippen LogP contribution in [0.4, 0.5) is 25.8 Å². The molecular formula is C25H21F2N3O2S. The molecule has 2 N–H and O–H groups in total. The zero-order valence-corrected chi connectivity index (χ0v) is 18.4. The third-order valence-corrected chi connectivity index (χ3v) is 6.79. The van der Waals surface area contributed by atoms with Crippen LogP contribution in [0.15, 0.2) is 71.2 Å². The lowest BCUT2D eigenvalue weighted by molar-refractivity contribution is -0.117. The van der Waals surface area contributed by atoms with E-state index in [0.717, 1.165) is 53.0 Å². The van der Waals surface area contributed by atoms with Gasteiger partial charge in [0, 0.05) is 28.6 Å². The Morgan fingerprint density at radius 1 is 1.12 bits per heavy atom. The second kappa shape index (κ2) is 8.78. The number of hydrogen-bond acceptors (Lipinski definition) is 5. The Labute approximate surface area is 193 Å². The third-order valence-electron chi connectivity index (χ3n) is 5.87. The highest BCUT2D eigenvalue weighted by molar-refractivity contribution is 7.10. The van der Waals surface area contributed by atoms with E-state index in [0.29, 0.717) is 12.0 Å². The Hall–Kier alpha value is -3.52. The van der Waals surface area contributed by atoms with Crippen molar-refractivity contribution >= 4 is 40.1 Å². The number of rotatable bonds is 4. The number of hydrogen-bond donors (Lipinski definition) is 2. The van der Waals surface area contributed by atoms with Gasteiger partial charge in [0.25, 0.3) is 0 Å². The number of benzene rings is 2. The topological polar surface area (TPSA) is 61.4 Å². The van der Waals surface area contributed by atoms with Crippen molar-refractivity contribution in [1.29, 1.82) is 0 Å². The van der Waals surface area contributed by atoms with Crippen LogP contribution in [-0.2, 0) is 9.59 Å². The van der Waals surface area contributed by atoms with Crippen LogP contribution in [0.3, 0.4) is 0 Å². The first kappa shape index (κ1) is 21.3. The monoisotopic (exact) mass is 465 g/mol. The fourth-order valence-corrected chi connectivity index (χ4v) is 5.30. The predicted molar refractivity (Wildman–Crippen MR) is 125 cm³/mol. The van der Waals surface area contributed by atoms with Gasteiger partial charge in [0.1, 0.15) is 11.6 Å². The minimum atomic E-state index is -0.718. The molecule has 2 heterocycles. The number of amides is 1. The maximum Gasteiger partial charge on any atom is 0.244 e. The van der Waals surface area contributed by atoms with Crippen molar-refractivity contribution in [1.82, 2.24) is 0 Å². The van der Waals surface area contributed by atoms with E-state index in [1.54, 1.807) is 0 Å². The first-order valence-corrected chi connectivity index (χ1v) is 11.6. The Morgan fingerprint density at radius 2 is 1.97 bits per heavy atom. The lowest BCUT2D eigenvalue weighted by Crippen LogP contribution is -2.38. The van der Waals surface area contributed by atoms with Crippen molar-refractivity contribution in [2.75, 3.05) is 22.1 Å². The number of para-hydroxylation sites is 2. The normalized spacial score (nSPS) is 17.7. The molecule has 3 aromatic rings. The van der Waals surface area contributed by atoms with E-state index in [4.69, 9.17) is 0 Å². The van der Waals surface area contributed by atoms with Crippen molar-refractivity contribution in [2.45, 2.75) is 25.3 Å². The number of fused-ring (bicyclic) bond motifs is 1. The Bertz CT molecular complexity index is 1260. The quantitative estimate of drug-likeness (QED) is 0.523. The zero-order valence-electron chi connectivity index (χ0n) is 17.6. The van der Waals surface area contributed by atoms with Crippen LogP contribution in [0.25, 0.3) is 0 Å². The molecule has 1 aliphatic carbocycles. The molecule has 8 heteroatoms. The van der Waals surface area contributed by atoms with Crippen LogP contribution in [0.2, 0.25) is 0 Å². The third kappa shape index (κ3) is 4.14. The summed E-state index contributed by atoms with van der Waals surface area (Å²) in [5, 5.41) is 7.86. The van der Waals surface area contributed by atoms with E-state index in [-0.39, 0.29) is 18.0 Å². The van der Waals surface area contributed by atoms with Gasteiger partial charge in [0.05, 0.1) is 29.6 Å². The van der Waals surface area contributed by atoms with E-state index < -0.39 is 23.6 Å². The van der Waals surface area contributed by atoms with Crippen molar-refractivity contribution in [3.63, 3.8) is 0 Å². The van der Waals surface area contributed by atoms with E-state index in [1.807, 2.05) is 46.7 Å². The minimum absolute atomic E-state index is 0.0524. The molecule has 0 saturated heterocycles. The average Bonchev–Trinajstić information content (AvgIpc) is 3.28. The highest BCUT2D eigenvalue weighted by Gasteiger charge is 2.37. The molecule has 2 aliphatic rings. The molecule has 168 valence electrons. The Balaban J connectivity index is 1.58. The van der Waals surface area contributed by atoms with Crippen molar-refractivity contribution < 1.29 is 18.4 Å². The molecule has 0 unspecified atom stereocenters. The molecule has 0 spiro atoms. The SMILES string of the molecule is O=C(CN1c2ccccc2NC2=C(C(=O)CCC2)[C@H]1c1cccs1)Nc1cc(F)ccc1F. The van der Waals surface area contributed by atoms with Gasteiger partial charge in [-0.05, 0) is 48.6 Å². The molecule has 1 amide bonds. The molecule has 0 saturated carbocycles. The summed E-state index contributed by atoms with van der Waals surface area (Å²) >= 11 is 1.51. The van der Waals surface area contributed by atoms with E-state index in [2.05, 4.69) is 10.6 Å². The standard InChI is InChI=1S/C25H21F2N3O2S/c26-15-10-11-16(27)19(13-15)29-23(32)14-30-20-7-2-1-5-17(20)28-18-6-3-8-21(31)24(18)25(30)22-9-4-12-33-22/h1-2,4-5,7,9-13,25,28H,3,6,8,14H2,(H,29,32)/t25-/m1/s1. The number of halogens is 2. The minimum Gasteiger partial charge on any atom is -0.357 e.